The fourth-order valence-electron chi connectivity index (χ4n) is 6.46. The average Bonchev–Trinajstić information content (AvgIpc) is 3.41. The maximum Gasteiger partial charge on any atom is 0.230 e. The van der Waals surface area contributed by atoms with Gasteiger partial charge in [-0.15, -0.1) is 0 Å². The summed E-state index contributed by atoms with van der Waals surface area (Å²) in [5.74, 6) is 1.57. The van der Waals surface area contributed by atoms with E-state index >= 15 is 0 Å². The van der Waals surface area contributed by atoms with Crippen LogP contribution in [0.1, 0.15) is 0 Å². The summed E-state index contributed by atoms with van der Waals surface area (Å²) in [6.45, 7) is 0.131. The molecule has 4 nitrogen and oxygen atoms in total. The quantitative estimate of drug-likeness (QED) is 0.204. The van der Waals surface area contributed by atoms with Gasteiger partial charge in [0.1, 0.15) is 22.7 Å². The van der Waals surface area contributed by atoms with Crippen molar-refractivity contribution >= 4 is 21.9 Å². The van der Waals surface area contributed by atoms with Crippen molar-refractivity contribution in [3.05, 3.63) is 152 Å². The van der Waals surface area contributed by atoms with E-state index in [0.717, 1.165) is 89.3 Å². The highest BCUT2D eigenvalue weighted by molar-refractivity contribution is 6.12. The third-order valence-corrected chi connectivity index (χ3v) is 8.69. The second kappa shape index (κ2) is 10.8. The highest BCUT2D eigenvalue weighted by Crippen LogP contribution is 2.45. The molecule has 0 radical (unpaired) electrons. The highest BCUT2D eigenvalue weighted by Gasteiger charge is 2.20. The van der Waals surface area contributed by atoms with Crippen LogP contribution in [0.2, 0.25) is 0 Å². The van der Waals surface area contributed by atoms with Gasteiger partial charge in [-0.1, -0.05) is 103 Å². The molecular weight excluding hydrogens is 566 g/mol. The first-order chi connectivity index (χ1) is 22.8. The van der Waals surface area contributed by atoms with Crippen LogP contribution in [0, 0.1) is 0 Å². The normalized spacial score (nSPS) is 12.2. The van der Waals surface area contributed by atoms with Gasteiger partial charge in [0.15, 0.2) is 0 Å². The zero-order valence-corrected chi connectivity index (χ0v) is 24.8. The van der Waals surface area contributed by atoms with Gasteiger partial charge in [-0.05, 0) is 70.8 Å². The predicted octanol–water partition coefficient (Wildman–Crippen LogP) is 11.0. The van der Waals surface area contributed by atoms with Gasteiger partial charge in [0.25, 0.3) is 0 Å². The van der Waals surface area contributed by atoms with Crippen molar-refractivity contribution in [3.63, 3.8) is 0 Å². The SMILES string of the molecule is c1ccc(-c2cc(-c3ccc4c(c3)OCOc3ccc(-c5cccc6oc7ccccc7c56)cc3-4)cc(-c3ccccc3)n2)cc1. The van der Waals surface area contributed by atoms with Gasteiger partial charge in [0, 0.05) is 33.0 Å². The largest absolute Gasteiger partial charge is 0.457 e. The molecule has 0 unspecified atom stereocenters. The third kappa shape index (κ3) is 4.51. The molecule has 9 rings (SSSR count). The number of ether oxygens (including phenoxy) is 2. The molecule has 2 aromatic heterocycles. The maximum atomic E-state index is 6.23. The smallest absolute Gasteiger partial charge is 0.230 e. The Kier molecular flexibility index (Phi) is 6.17. The molecular formula is C42H27NO3. The molecule has 0 bridgehead atoms. The van der Waals surface area contributed by atoms with Gasteiger partial charge in [-0.25, -0.2) is 4.98 Å². The van der Waals surface area contributed by atoms with E-state index in [0.29, 0.717) is 0 Å². The van der Waals surface area contributed by atoms with E-state index < -0.39 is 0 Å². The first-order valence-corrected chi connectivity index (χ1v) is 15.4. The van der Waals surface area contributed by atoms with Gasteiger partial charge in [-0.3, -0.25) is 0 Å². The Labute approximate surface area is 266 Å². The van der Waals surface area contributed by atoms with Crippen molar-refractivity contribution in [3.8, 4) is 67.4 Å². The number of nitrogens with zero attached hydrogens (tertiary/aromatic N) is 1. The van der Waals surface area contributed by atoms with E-state index in [4.69, 9.17) is 18.9 Å². The molecule has 0 saturated carbocycles. The Hall–Kier alpha value is -6.13. The van der Waals surface area contributed by atoms with Crippen LogP contribution in [0.5, 0.6) is 11.5 Å². The van der Waals surface area contributed by atoms with Crippen molar-refractivity contribution in [2.75, 3.05) is 6.79 Å². The number of furan rings is 1. The number of benzene rings is 6. The van der Waals surface area contributed by atoms with E-state index in [9.17, 15) is 0 Å². The van der Waals surface area contributed by atoms with Gasteiger partial charge in [-0.2, -0.15) is 0 Å². The molecule has 0 fully saturated rings. The minimum atomic E-state index is 0.131. The van der Waals surface area contributed by atoms with Gasteiger partial charge in [0.05, 0.1) is 11.4 Å². The molecule has 0 spiro atoms. The van der Waals surface area contributed by atoms with Crippen LogP contribution < -0.4 is 9.47 Å². The van der Waals surface area contributed by atoms with E-state index in [2.05, 4.69) is 84.9 Å². The van der Waals surface area contributed by atoms with E-state index in [-0.39, 0.29) is 6.79 Å². The fraction of sp³-hybridized carbons (Fsp3) is 0.0238. The van der Waals surface area contributed by atoms with E-state index in [1.165, 1.54) is 0 Å². The van der Waals surface area contributed by atoms with Crippen LogP contribution in [0.4, 0.5) is 0 Å². The van der Waals surface area contributed by atoms with E-state index in [1.54, 1.807) is 0 Å². The number of hydrogen-bond donors (Lipinski definition) is 0. The van der Waals surface area contributed by atoms with Crippen molar-refractivity contribution in [1.29, 1.82) is 0 Å². The van der Waals surface area contributed by atoms with Crippen LogP contribution in [-0.2, 0) is 0 Å². The predicted molar refractivity (Wildman–Crippen MR) is 185 cm³/mol. The van der Waals surface area contributed by atoms with Crippen molar-refractivity contribution in [1.82, 2.24) is 4.98 Å². The maximum absolute atomic E-state index is 6.23. The van der Waals surface area contributed by atoms with Gasteiger partial charge < -0.3 is 13.9 Å². The molecule has 3 heterocycles. The van der Waals surface area contributed by atoms with Gasteiger partial charge in [0.2, 0.25) is 6.79 Å². The number of aromatic nitrogens is 1. The lowest BCUT2D eigenvalue weighted by Crippen LogP contribution is -2.03. The number of para-hydroxylation sites is 1. The standard InChI is InChI=1S/C42H27NO3/c1-3-10-27(11-4-1)36-23-31(24-37(43-36)28-12-5-2-6-13-28)29-18-20-33-35-22-30(19-21-38(35)44-26-45-41(33)25-29)32-15-9-17-40-42(32)34-14-7-8-16-39(34)46-40/h1-25H,26H2. The number of pyridine rings is 1. The molecule has 1 aliphatic heterocycles. The summed E-state index contributed by atoms with van der Waals surface area (Å²) in [5.41, 5.74) is 12.1. The molecule has 0 atom stereocenters. The summed E-state index contributed by atoms with van der Waals surface area (Å²) in [5, 5.41) is 2.22. The zero-order chi connectivity index (χ0) is 30.5. The second-order valence-electron chi connectivity index (χ2n) is 11.5. The number of fused-ring (bicyclic) bond motifs is 6. The third-order valence-electron chi connectivity index (χ3n) is 8.69. The van der Waals surface area contributed by atoms with Crippen LogP contribution in [0.15, 0.2) is 156 Å². The Morgan fingerprint density at radius 1 is 0.413 bits per heavy atom. The van der Waals surface area contributed by atoms with Gasteiger partial charge >= 0.3 is 0 Å². The number of rotatable bonds is 4. The summed E-state index contributed by atoms with van der Waals surface area (Å²) in [7, 11) is 0. The van der Waals surface area contributed by atoms with Crippen molar-refractivity contribution in [2.45, 2.75) is 0 Å². The Morgan fingerprint density at radius 3 is 1.87 bits per heavy atom. The zero-order valence-electron chi connectivity index (χ0n) is 24.8. The molecule has 0 N–H and O–H groups in total. The number of hydrogen-bond acceptors (Lipinski definition) is 4. The fourth-order valence-corrected chi connectivity index (χ4v) is 6.46. The molecule has 46 heavy (non-hydrogen) atoms. The summed E-state index contributed by atoms with van der Waals surface area (Å²) in [4.78, 5) is 5.05. The first-order valence-electron chi connectivity index (χ1n) is 15.4. The summed E-state index contributed by atoms with van der Waals surface area (Å²) >= 11 is 0. The summed E-state index contributed by atoms with van der Waals surface area (Å²) in [6, 6.07) is 52.1. The second-order valence-corrected chi connectivity index (χ2v) is 11.5. The minimum absolute atomic E-state index is 0.131. The Balaban J connectivity index is 1.17. The molecule has 0 saturated heterocycles. The molecule has 8 aromatic rings. The lowest BCUT2D eigenvalue weighted by Gasteiger charge is -2.13. The average molecular weight is 594 g/mol. The molecule has 0 amide bonds. The molecule has 1 aliphatic rings. The molecule has 4 heteroatoms. The topological polar surface area (TPSA) is 44.5 Å². The summed E-state index contributed by atoms with van der Waals surface area (Å²) in [6.07, 6.45) is 0. The minimum Gasteiger partial charge on any atom is -0.457 e. The lowest BCUT2D eigenvalue weighted by molar-refractivity contribution is 0.125. The van der Waals surface area contributed by atoms with Crippen LogP contribution >= 0.6 is 0 Å². The molecule has 218 valence electrons. The molecule has 0 aliphatic carbocycles. The van der Waals surface area contributed by atoms with Crippen LogP contribution in [0.3, 0.4) is 0 Å². The van der Waals surface area contributed by atoms with Crippen molar-refractivity contribution in [2.24, 2.45) is 0 Å². The van der Waals surface area contributed by atoms with Crippen molar-refractivity contribution < 1.29 is 13.9 Å². The summed E-state index contributed by atoms with van der Waals surface area (Å²) < 4.78 is 18.5. The van der Waals surface area contributed by atoms with E-state index in [1.807, 2.05) is 66.7 Å². The monoisotopic (exact) mass is 593 g/mol. The van der Waals surface area contributed by atoms with Crippen LogP contribution in [0.25, 0.3) is 77.8 Å². The lowest BCUT2D eigenvalue weighted by atomic mass is 9.93. The Morgan fingerprint density at radius 2 is 1.09 bits per heavy atom. The molecule has 6 aromatic carbocycles. The Bertz CT molecular complexity index is 2340. The van der Waals surface area contributed by atoms with Crippen LogP contribution in [-0.4, -0.2) is 11.8 Å². The first kappa shape index (κ1) is 26.3. The highest BCUT2D eigenvalue weighted by atomic mass is 16.7.